The summed E-state index contributed by atoms with van der Waals surface area (Å²) in [4.78, 5) is 0. The summed E-state index contributed by atoms with van der Waals surface area (Å²) < 4.78 is 11.9. The highest BCUT2D eigenvalue weighted by Gasteiger charge is 2.25. The number of benzene rings is 2. The third-order valence-electron chi connectivity index (χ3n) is 4.81. The van der Waals surface area contributed by atoms with Crippen molar-refractivity contribution in [2.75, 3.05) is 13.7 Å². The zero-order chi connectivity index (χ0) is 18.9. The molecule has 3 heteroatoms. The van der Waals surface area contributed by atoms with Gasteiger partial charge in [-0.25, -0.2) is 0 Å². The summed E-state index contributed by atoms with van der Waals surface area (Å²) in [6.07, 6.45) is 6.21. The Balaban J connectivity index is 2.56. The number of hydrogen-bond acceptors (Lipinski definition) is 3. The zero-order valence-electron chi connectivity index (χ0n) is 16.6. The highest BCUT2D eigenvalue weighted by Crippen LogP contribution is 2.49. The minimum Gasteiger partial charge on any atom is -0.504 e. The van der Waals surface area contributed by atoms with E-state index in [0.29, 0.717) is 12.4 Å². The third kappa shape index (κ3) is 4.32. The number of methoxy groups -OCH3 is 1. The molecule has 0 heterocycles. The van der Waals surface area contributed by atoms with Crippen molar-refractivity contribution in [1.29, 1.82) is 0 Å². The van der Waals surface area contributed by atoms with Crippen LogP contribution in [0.2, 0.25) is 0 Å². The lowest BCUT2D eigenvalue weighted by Gasteiger charge is -2.23. The Morgan fingerprint density at radius 2 is 1.54 bits per heavy atom. The zero-order valence-corrected chi connectivity index (χ0v) is 16.6. The molecule has 2 rings (SSSR count). The van der Waals surface area contributed by atoms with Crippen LogP contribution < -0.4 is 9.47 Å². The molecule has 0 radical (unpaired) electrons. The Hall–Kier alpha value is -2.16. The average Bonchev–Trinajstić information content (AvgIpc) is 2.68. The van der Waals surface area contributed by atoms with E-state index in [-0.39, 0.29) is 5.75 Å². The molecule has 0 saturated carbocycles. The topological polar surface area (TPSA) is 38.7 Å². The van der Waals surface area contributed by atoms with E-state index in [1.54, 1.807) is 7.11 Å². The summed E-state index contributed by atoms with van der Waals surface area (Å²) in [5.41, 5.74) is 3.86. The maximum atomic E-state index is 10.8. The molecule has 26 heavy (non-hydrogen) atoms. The largest absolute Gasteiger partial charge is 0.504 e. The third-order valence-corrected chi connectivity index (χ3v) is 4.81. The Labute approximate surface area is 158 Å². The van der Waals surface area contributed by atoms with E-state index >= 15 is 0 Å². The van der Waals surface area contributed by atoms with Crippen molar-refractivity contribution < 1.29 is 14.6 Å². The Kier molecular flexibility index (Phi) is 7.83. The van der Waals surface area contributed by atoms with Gasteiger partial charge < -0.3 is 14.6 Å². The van der Waals surface area contributed by atoms with Gasteiger partial charge in [-0.3, -0.25) is 0 Å². The smallest absolute Gasteiger partial charge is 0.172 e. The number of aromatic hydroxyl groups is 1. The molecule has 3 nitrogen and oxygen atoms in total. The quantitative estimate of drug-likeness (QED) is 0.519. The number of unbranched alkanes of at least 4 members (excludes halogenated alkanes) is 3. The van der Waals surface area contributed by atoms with Crippen molar-refractivity contribution in [3.05, 3.63) is 41.5 Å². The fourth-order valence-electron chi connectivity index (χ4n) is 3.47. The van der Waals surface area contributed by atoms with Crippen molar-refractivity contribution in [2.24, 2.45) is 0 Å². The van der Waals surface area contributed by atoms with Gasteiger partial charge in [0, 0.05) is 11.1 Å². The summed E-state index contributed by atoms with van der Waals surface area (Å²) in [5, 5.41) is 10.8. The van der Waals surface area contributed by atoms with Crippen LogP contribution in [0.4, 0.5) is 0 Å². The van der Waals surface area contributed by atoms with E-state index < -0.39 is 0 Å². The van der Waals surface area contributed by atoms with Crippen LogP contribution in [0.5, 0.6) is 17.2 Å². The molecule has 0 aliphatic carbocycles. The SMILES string of the molecule is CCCCCCOc1c(CC)c(CC)c(O)c(OC)c1-c1ccccc1. The van der Waals surface area contributed by atoms with Crippen molar-refractivity contribution in [3.8, 4) is 28.4 Å². The molecule has 0 aliphatic heterocycles. The van der Waals surface area contributed by atoms with E-state index in [1.165, 1.54) is 19.3 Å². The Morgan fingerprint density at radius 1 is 0.846 bits per heavy atom. The van der Waals surface area contributed by atoms with Crippen LogP contribution >= 0.6 is 0 Å². The molecule has 2 aromatic rings. The lowest BCUT2D eigenvalue weighted by atomic mass is 9.92. The number of ether oxygens (including phenoxy) is 2. The van der Waals surface area contributed by atoms with Gasteiger partial charge in [-0.15, -0.1) is 0 Å². The first kappa shape index (κ1) is 20.2. The van der Waals surface area contributed by atoms with Crippen LogP contribution in [0.25, 0.3) is 11.1 Å². The van der Waals surface area contributed by atoms with Crippen LogP contribution in [0.15, 0.2) is 30.3 Å². The maximum Gasteiger partial charge on any atom is 0.172 e. The van der Waals surface area contributed by atoms with E-state index in [0.717, 1.165) is 47.3 Å². The van der Waals surface area contributed by atoms with Gasteiger partial charge in [0.1, 0.15) is 5.75 Å². The van der Waals surface area contributed by atoms with Gasteiger partial charge in [0.2, 0.25) is 0 Å². The van der Waals surface area contributed by atoms with Gasteiger partial charge in [0.05, 0.1) is 19.3 Å². The molecule has 0 atom stereocenters. The molecule has 1 N–H and O–H groups in total. The van der Waals surface area contributed by atoms with Crippen LogP contribution in [0.3, 0.4) is 0 Å². The monoisotopic (exact) mass is 356 g/mol. The fourth-order valence-corrected chi connectivity index (χ4v) is 3.47. The molecule has 0 bridgehead atoms. The highest BCUT2D eigenvalue weighted by atomic mass is 16.5. The van der Waals surface area contributed by atoms with Crippen molar-refractivity contribution in [1.82, 2.24) is 0 Å². The van der Waals surface area contributed by atoms with E-state index in [2.05, 4.69) is 20.8 Å². The highest BCUT2D eigenvalue weighted by molar-refractivity contribution is 5.83. The molecule has 0 saturated heterocycles. The minimum atomic E-state index is 0.240. The molecular formula is C23H32O3. The van der Waals surface area contributed by atoms with Gasteiger partial charge in [-0.1, -0.05) is 70.4 Å². The molecule has 0 spiro atoms. The summed E-state index contributed by atoms with van der Waals surface area (Å²) in [5.74, 6) is 1.61. The lowest BCUT2D eigenvalue weighted by molar-refractivity contribution is 0.298. The summed E-state index contributed by atoms with van der Waals surface area (Å²) in [6.45, 7) is 7.06. The van der Waals surface area contributed by atoms with E-state index in [4.69, 9.17) is 9.47 Å². The summed E-state index contributed by atoms with van der Waals surface area (Å²) in [6, 6.07) is 10.0. The first-order valence-electron chi connectivity index (χ1n) is 9.82. The average molecular weight is 357 g/mol. The number of hydrogen-bond donors (Lipinski definition) is 1. The van der Waals surface area contributed by atoms with Gasteiger partial charge >= 0.3 is 0 Å². The number of phenols is 1. The summed E-state index contributed by atoms with van der Waals surface area (Å²) >= 11 is 0. The normalized spacial score (nSPS) is 10.8. The second-order valence-electron chi connectivity index (χ2n) is 6.53. The van der Waals surface area contributed by atoms with E-state index in [9.17, 15) is 5.11 Å². The molecule has 0 unspecified atom stereocenters. The van der Waals surface area contributed by atoms with Crippen molar-refractivity contribution >= 4 is 0 Å². The molecule has 0 aliphatic rings. The number of phenolic OH excluding ortho intramolecular Hbond substituents is 1. The van der Waals surface area contributed by atoms with Gasteiger partial charge in [0.25, 0.3) is 0 Å². The van der Waals surface area contributed by atoms with E-state index in [1.807, 2.05) is 30.3 Å². The van der Waals surface area contributed by atoms with Crippen LogP contribution in [0.1, 0.15) is 57.6 Å². The maximum absolute atomic E-state index is 10.8. The molecule has 0 aromatic heterocycles. The molecule has 0 fully saturated rings. The Morgan fingerprint density at radius 3 is 2.12 bits per heavy atom. The standard InChI is InChI=1S/C23H32O3/c1-5-8-9-13-16-26-22-19(7-3)18(6-2)21(24)23(25-4)20(22)17-14-11-10-12-15-17/h10-12,14-15,24H,5-9,13,16H2,1-4H3. The van der Waals surface area contributed by atoms with Gasteiger partial charge in [-0.05, 0) is 24.8 Å². The molecular weight excluding hydrogens is 324 g/mol. The first-order valence-corrected chi connectivity index (χ1v) is 9.82. The first-order chi connectivity index (χ1) is 12.7. The second kappa shape index (κ2) is 10.1. The molecule has 2 aromatic carbocycles. The van der Waals surface area contributed by atoms with Crippen LogP contribution in [-0.2, 0) is 12.8 Å². The van der Waals surface area contributed by atoms with Crippen LogP contribution in [0, 0.1) is 0 Å². The second-order valence-corrected chi connectivity index (χ2v) is 6.53. The number of rotatable bonds is 10. The lowest BCUT2D eigenvalue weighted by Crippen LogP contribution is -2.06. The predicted molar refractivity (Wildman–Crippen MR) is 108 cm³/mol. The van der Waals surface area contributed by atoms with Gasteiger partial charge in [0.15, 0.2) is 11.5 Å². The van der Waals surface area contributed by atoms with Crippen LogP contribution in [-0.4, -0.2) is 18.8 Å². The minimum absolute atomic E-state index is 0.240. The fraction of sp³-hybridized carbons (Fsp3) is 0.478. The molecule has 0 amide bonds. The predicted octanol–water partition coefficient (Wildman–Crippen LogP) is 6.15. The Bertz CT molecular complexity index is 693. The van der Waals surface area contributed by atoms with Crippen molar-refractivity contribution in [3.63, 3.8) is 0 Å². The van der Waals surface area contributed by atoms with Crippen molar-refractivity contribution in [2.45, 2.75) is 59.3 Å². The molecule has 142 valence electrons. The summed E-state index contributed by atoms with van der Waals surface area (Å²) in [7, 11) is 1.61. The van der Waals surface area contributed by atoms with Gasteiger partial charge in [-0.2, -0.15) is 0 Å².